The Kier molecular flexibility index (Phi) is 7.56. The number of carbonyl (C=O) groups is 2. The molecule has 0 aliphatic carbocycles. The summed E-state index contributed by atoms with van der Waals surface area (Å²) in [6.07, 6.45) is 3.92. The van der Waals surface area contributed by atoms with Crippen LogP contribution in [0.5, 0.6) is 0 Å². The topological polar surface area (TPSA) is 99.8 Å². The third kappa shape index (κ3) is 5.57. The Bertz CT molecular complexity index is 513. The van der Waals surface area contributed by atoms with Crippen LogP contribution in [0.3, 0.4) is 0 Å². The number of carbonyl (C=O) groups excluding carboxylic acids is 1. The van der Waals surface area contributed by atoms with Crippen LogP contribution in [0.1, 0.15) is 18.4 Å². The Morgan fingerprint density at radius 2 is 2.09 bits per heavy atom. The van der Waals surface area contributed by atoms with Crippen LogP contribution in [0.15, 0.2) is 24.5 Å². The van der Waals surface area contributed by atoms with Gasteiger partial charge in [0.2, 0.25) is 5.91 Å². The van der Waals surface area contributed by atoms with Gasteiger partial charge in [0, 0.05) is 32.9 Å². The molecule has 1 aromatic rings. The predicted molar refractivity (Wildman–Crippen MR) is 83.1 cm³/mol. The number of nitrogens with two attached hydrogens (primary N) is 1. The van der Waals surface area contributed by atoms with Crippen LogP contribution in [-0.4, -0.2) is 64.7 Å². The van der Waals surface area contributed by atoms with Crippen LogP contribution in [0, 0.1) is 0 Å². The summed E-state index contributed by atoms with van der Waals surface area (Å²) in [6.45, 7) is 0.333. The van der Waals surface area contributed by atoms with Crippen molar-refractivity contribution < 1.29 is 19.2 Å². The fraction of sp³-hybridized carbons (Fsp3) is 0.533. The molecule has 23 heavy (non-hydrogen) atoms. The highest BCUT2D eigenvalue weighted by Gasteiger charge is 2.33. The van der Waals surface area contributed by atoms with Crippen LogP contribution in [-0.2, 0) is 16.0 Å². The molecule has 0 saturated heterocycles. The predicted octanol–water partition coefficient (Wildman–Crippen LogP) is 0.460. The van der Waals surface area contributed by atoms with Crippen LogP contribution >= 0.6 is 0 Å². The van der Waals surface area contributed by atoms with Crippen molar-refractivity contribution in [3.8, 4) is 0 Å². The van der Waals surface area contributed by atoms with Gasteiger partial charge in [-0.3, -0.25) is 9.78 Å². The first-order chi connectivity index (χ1) is 10.9. The molecule has 1 aromatic heterocycles. The van der Waals surface area contributed by atoms with E-state index in [-0.39, 0.29) is 12.8 Å². The minimum absolute atomic E-state index is 0.102. The fourth-order valence-corrected chi connectivity index (χ4v) is 2.29. The van der Waals surface area contributed by atoms with E-state index in [2.05, 4.69) is 4.98 Å². The largest absolute Gasteiger partial charge is 0.480 e. The van der Waals surface area contributed by atoms with Gasteiger partial charge in [-0.1, -0.05) is 6.07 Å². The smallest absolute Gasteiger partial charge is 0.326 e. The Hall–Kier alpha value is -2.06. The molecule has 0 aliphatic heterocycles. The van der Waals surface area contributed by atoms with Gasteiger partial charge in [-0.2, -0.15) is 0 Å². The summed E-state index contributed by atoms with van der Waals surface area (Å²) in [6, 6.07) is 1.29. The first-order valence-corrected chi connectivity index (χ1v) is 7.35. The van der Waals surface area contributed by atoms with Crippen molar-refractivity contribution in [2.75, 3.05) is 20.6 Å². The number of hydrogen-bond acceptors (Lipinski definition) is 5. The van der Waals surface area contributed by atoms with Gasteiger partial charge in [-0.05, 0) is 31.0 Å². The Morgan fingerprint density at radius 1 is 1.39 bits per heavy atom. The van der Waals surface area contributed by atoms with Gasteiger partial charge < -0.3 is 15.7 Å². The van der Waals surface area contributed by atoms with E-state index in [9.17, 15) is 19.2 Å². The first kappa shape index (κ1) is 19.0. The molecule has 7 nitrogen and oxygen atoms in total. The monoisotopic (exact) mass is 326 g/mol. The molecule has 0 spiro atoms. The molecule has 1 heterocycles. The minimum atomic E-state index is -1.15. The van der Waals surface area contributed by atoms with Gasteiger partial charge in [0.05, 0.1) is 0 Å². The van der Waals surface area contributed by atoms with Gasteiger partial charge in [0.25, 0.3) is 0 Å². The molecule has 0 aromatic carbocycles. The molecule has 128 valence electrons. The number of hydrogen-bond donors (Lipinski definition) is 2. The molecule has 0 fully saturated rings. The number of carboxylic acids is 1. The van der Waals surface area contributed by atoms with Crippen molar-refractivity contribution in [3.63, 3.8) is 0 Å². The second-order valence-corrected chi connectivity index (χ2v) is 5.34. The lowest BCUT2D eigenvalue weighted by Crippen LogP contribution is -2.50. The quantitative estimate of drug-likeness (QED) is 0.640. The number of pyridine rings is 1. The van der Waals surface area contributed by atoms with E-state index in [4.69, 9.17) is 5.73 Å². The first-order valence-electron chi connectivity index (χ1n) is 7.35. The highest BCUT2D eigenvalue weighted by atomic mass is 19.2. The second kappa shape index (κ2) is 9.16. The zero-order valence-corrected chi connectivity index (χ0v) is 13.4. The zero-order chi connectivity index (χ0) is 17.4. The second-order valence-electron chi connectivity index (χ2n) is 5.34. The molecule has 0 unspecified atom stereocenters. The normalized spacial score (nSPS) is 13.6. The molecular weight excluding hydrogens is 303 g/mol. The van der Waals surface area contributed by atoms with E-state index < -0.39 is 24.0 Å². The Morgan fingerprint density at radius 3 is 2.57 bits per heavy atom. The molecule has 1 amide bonds. The Balaban J connectivity index is 2.88. The van der Waals surface area contributed by atoms with Crippen molar-refractivity contribution in [2.45, 2.75) is 31.3 Å². The summed E-state index contributed by atoms with van der Waals surface area (Å²) in [4.78, 5) is 29.0. The van der Waals surface area contributed by atoms with Crippen molar-refractivity contribution in [1.29, 1.82) is 0 Å². The number of likely N-dealkylation sites (N-methyl/N-ethyl adjacent to an activating group) is 2. The van der Waals surface area contributed by atoms with E-state index in [0.717, 1.165) is 11.9 Å². The number of halogens is 1. The van der Waals surface area contributed by atoms with E-state index in [1.807, 2.05) is 0 Å². The molecule has 3 N–H and O–H groups in total. The van der Waals surface area contributed by atoms with Gasteiger partial charge in [0.1, 0.15) is 12.1 Å². The highest BCUT2D eigenvalue weighted by Crippen LogP contribution is 2.14. The summed E-state index contributed by atoms with van der Waals surface area (Å²) in [5.74, 6) is -1.73. The lowest BCUT2D eigenvalue weighted by molar-refractivity contribution is -0.154. The number of carboxylic acid groups (broad SMARTS) is 1. The lowest BCUT2D eigenvalue weighted by Gasteiger charge is -2.30. The van der Waals surface area contributed by atoms with E-state index in [0.29, 0.717) is 23.7 Å². The molecule has 0 bridgehead atoms. The van der Waals surface area contributed by atoms with E-state index >= 15 is 0 Å². The number of aliphatic carboxylic acids is 1. The lowest BCUT2D eigenvalue weighted by atomic mass is 10.0. The van der Waals surface area contributed by atoms with E-state index in [1.54, 1.807) is 24.5 Å². The van der Waals surface area contributed by atoms with Crippen LogP contribution in [0.2, 0.25) is 0 Å². The van der Waals surface area contributed by atoms with Crippen molar-refractivity contribution >= 4 is 11.9 Å². The summed E-state index contributed by atoms with van der Waals surface area (Å²) < 4.78 is 13.6. The number of nitrogens with zero attached hydrogens (tertiary/aromatic N) is 3. The van der Waals surface area contributed by atoms with Gasteiger partial charge in [-0.25, -0.2) is 4.79 Å². The molecule has 0 saturated carbocycles. The van der Waals surface area contributed by atoms with Crippen molar-refractivity contribution in [2.24, 2.45) is 5.73 Å². The standard InChI is InChI=1S/C15H23FN4O3/c1-19(14(21)12(20(2)16)6-3-7-17)13(15(22)23)9-11-5-4-8-18-10-11/h4-5,8,10,12-13H,3,6-7,9,17H2,1-2H3,(H,22,23)/t12-,13-/m0/s1. The molecular formula is C15H23FN4O3. The van der Waals surface area contributed by atoms with Crippen LogP contribution in [0.25, 0.3) is 0 Å². The van der Waals surface area contributed by atoms with Gasteiger partial charge >= 0.3 is 5.97 Å². The van der Waals surface area contributed by atoms with E-state index in [1.165, 1.54) is 7.05 Å². The van der Waals surface area contributed by atoms with Gasteiger partial charge in [0.15, 0.2) is 0 Å². The molecule has 0 aliphatic rings. The average Bonchev–Trinajstić information content (AvgIpc) is 2.52. The summed E-state index contributed by atoms with van der Waals surface area (Å²) in [5, 5.41) is 9.71. The maximum Gasteiger partial charge on any atom is 0.326 e. The van der Waals surface area contributed by atoms with Gasteiger partial charge in [-0.15, -0.1) is 9.60 Å². The maximum absolute atomic E-state index is 13.6. The maximum atomic E-state index is 13.6. The number of rotatable bonds is 9. The summed E-state index contributed by atoms with van der Waals surface area (Å²) >= 11 is 0. The summed E-state index contributed by atoms with van der Waals surface area (Å²) in [5.41, 5.74) is 6.08. The molecule has 2 atom stereocenters. The molecule has 0 radical (unpaired) electrons. The molecule has 1 rings (SSSR count). The summed E-state index contributed by atoms with van der Waals surface area (Å²) in [7, 11) is 2.51. The molecule has 8 heteroatoms. The third-order valence-electron chi connectivity index (χ3n) is 3.65. The van der Waals surface area contributed by atoms with Crippen LogP contribution in [0.4, 0.5) is 4.48 Å². The number of aromatic nitrogens is 1. The fourth-order valence-electron chi connectivity index (χ4n) is 2.29. The average molecular weight is 326 g/mol. The zero-order valence-electron chi connectivity index (χ0n) is 13.4. The highest BCUT2D eigenvalue weighted by molar-refractivity contribution is 5.86. The minimum Gasteiger partial charge on any atom is -0.480 e. The Labute approximate surface area is 134 Å². The van der Waals surface area contributed by atoms with Crippen LogP contribution < -0.4 is 5.73 Å². The SMILES string of the molecule is CN(F)[C@@H](CCCN)C(=O)N(C)[C@@H](Cc1cccnc1)C(=O)O. The number of amides is 1. The third-order valence-corrected chi connectivity index (χ3v) is 3.65. The van der Waals surface area contributed by atoms with Crippen molar-refractivity contribution in [3.05, 3.63) is 30.1 Å². The van der Waals surface area contributed by atoms with Crippen molar-refractivity contribution in [1.82, 2.24) is 15.0 Å².